The summed E-state index contributed by atoms with van der Waals surface area (Å²) in [6, 6.07) is 4.57. The van der Waals surface area contributed by atoms with Crippen molar-refractivity contribution in [3.63, 3.8) is 0 Å². The summed E-state index contributed by atoms with van der Waals surface area (Å²) in [5.74, 6) is -0.303. The fourth-order valence-corrected chi connectivity index (χ4v) is 2.37. The monoisotopic (exact) mass is 301 g/mol. The van der Waals surface area contributed by atoms with Crippen LogP contribution in [0, 0.1) is 0 Å². The second-order valence-corrected chi connectivity index (χ2v) is 5.42. The van der Waals surface area contributed by atoms with E-state index in [1.165, 1.54) is 6.07 Å². The van der Waals surface area contributed by atoms with E-state index in [4.69, 9.17) is 5.11 Å². The number of hydrogen-bond acceptors (Lipinski definition) is 2. The highest BCUT2D eigenvalue weighted by molar-refractivity contribution is 5.91. The van der Waals surface area contributed by atoms with Crippen molar-refractivity contribution in [3.05, 3.63) is 35.4 Å². The molecule has 0 spiro atoms. The fourth-order valence-electron chi connectivity index (χ4n) is 2.37. The Balaban J connectivity index is 2.23. The van der Waals surface area contributed by atoms with E-state index in [0.717, 1.165) is 12.1 Å². The first-order chi connectivity index (χ1) is 9.83. The summed E-state index contributed by atoms with van der Waals surface area (Å²) in [4.78, 5) is 12.3. The van der Waals surface area contributed by atoms with Gasteiger partial charge in [-0.15, -0.1) is 0 Å². The predicted octanol–water partition coefficient (Wildman–Crippen LogP) is 2.62. The van der Waals surface area contributed by atoms with Gasteiger partial charge in [-0.1, -0.05) is 25.1 Å². The van der Waals surface area contributed by atoms with Gasteiger partial charge in [-0.2, -0.15) is 13.2 Å². The lowest BCUT2D eigenvalue weighted by Crippen LogP contribution is -2.43. The first-order valence-corrected chi connectivity index (χ1v) is 6.93. The summed E-state index contributed by atoms with van der Waals surface area (Å²) in [5.41, 5.74) is -1.22. The maximum atomic E-state index is 12.8. The minimum absolute atomic E-state index is 0.180. The van der Waals surface area contributed by atoms with Crippen molar-refractivity contribution in [2.24, 2.45) is 0 Å². The molecule has 2 N–H and O–H groups in total. The molecule has 1 aromatic rings. The van der Waals surface area contributed by atoms with Gasteiger partial charge in [-0.05, 0) is 30.9 Å². The third kappa shape index (κ3) is 3.20. The highest BCUT2D eigenvalue weighted by Gasteiger charge is 2.52. The molecule has 116 valence electrons. The molecule has 1 amide bonds. The number of alkyl halides is 3. The highest BCUT2D eigenvalue weighted by atomic mass is 19.4. The minimum atomic E-state index is -4.42. The van der Waals surface area contributed by atoms with E-state index >= 15 is 0 Å². The standard InChI is InChI=1S/C15H18F3NO2/c1-2-12(9-20)19-13(21)14(6-7-14)10-4-3-5-11(8-10)15(16,17)18/h3-5,8,12,20H,2,6-7,9H2,1H3,(H,19,21). The van der Waals surface area contributed by atoms with E-state index in [0.29, 0.717) is 24.8 Å². The van der Waals surface area contributed by atoms with Crippen LogP contribution in [-0.4, -0.2) is 23.7 Å². The molecule has 21 heavy (non-hydrogen) atoms. The zero-order valence-electron chi connectivity index (χ0n) is 11.7. The molecule has 6 heteroatoms. The van der Waals surface area contributed by atoms with Crippen LogP contribution < -0.4 is 5.32 Å². The van der Waals surface area contributed by atoms with E-state index in [1.807, 2.05) is 6.92 Å². The Bertz CT molecular complexity index is 520. The van der Waals surface area contributed by atoms with Crippen LogP contribution in [0.25, 0.3) is 0 Å². The molecule has 0 aromatic heterocycles. The van der Waals surface area contributed by atoms with Gasteiger partial charge in [0.05, 0.1) is 23.6 Å². The van der Waals surface area contributed by atoms with Crippen molar-refractivity contribution >= 4 is 5.91 Å². The number of carbonyl (C=O) groups is 1. The summed E-state index contributed by atoms with van der Waals surface area (Å²) in [5, 5.41) is 11.8. The Morgan fingerprint density at radius 3 is 2.57 bits per heavy atom. The SMILES string of the molecule is CCC(CO)NC(=O)C1(c2cccc(C(F)(F)F)c2)CC1. The number of benzene rings is 1. The maximum Gasteiger partial charge on any atom is 0.416 e. The molecule has 1 saturated carbocycles. The molecule has 0 aliphatic heterocycles. The molecule has 0 bridgehead atoms. The van der Waals surface area contributed by atoms with Crippen molar-refractivity contribution < 1.29 is 23.1 Å². The molecule has 3 nitrogen and oxygen atoms in total. The number of rotatable bonds is 5. The van der Waals surface area contributed by atoms with Crippen LogP contribution in [-0.2, 0) is 16.4 Å². The zero-order valence-corrected chi connectivity index (χ0v) is 11.7. The van der Waals surface area contributed by atoms with E-state index in [2.05, 4.69) is 5.32 Å². The number of aliphatic hydroxyl groups excluding tert-OH is 1. The van der Waals surface area contributed by atoms with E-state index in [9.17, 15) is 18.0 Å². The van der Waals surface area contributed by atoms with Gasteiger partial charge in [0.15, 0.2) is 0 Å². The van der Waals surface area contributed by atoms with Crippen LogP contribution in [0.15, 0.2) is 24.3 Å². The summed E-state index contributed by atoms with van der Waals surface area (Å²) in [6.45, 7) is 1.64. The van der Waals surface area contributed by atoms with Crippen LogP contribution in [0.4, 0.5) is 13.2 Å². The summed E-state index contributed by atoms with van der Waals surface area (Å²) in [7, 11) is 0. The summed E-state index contributed by atoms with van der Waals surface area (Å²) in [6.07, 6.45) is -2.79. The van der Waals surface area contributed by atoms with Crippen LogP contribution in [0.5, 0.6) is 0 Å². The number of hydrogen-bond donors (Lipinski definition) is 2. The van der Waals surface area contributed by atoms with Crippen molar-refractivity contribution in [3.8, 4) is 0 Å². The number of halogens is 3. The van der Waals surface area contributed by atoms with Gasteiger partial charge in [0, 0.05) is 0 Å². The van der Waals surface area contributed by atoms with Gasteiger partial charge in [0.25, 0.3) is 0 Å². The average Bonchev–Trinajstić information content (AvgIpc) is 3.25. The molecule has 1 aliphatic rings. The van der Waals surface area contributed by atoms with E-state index in [1.54, 1.807) is 6.07 Å². The molecule has 1 fully saturated rings. The van der Waals surface area contributed by atoms with Gasteiger partial charge in [-0.3, -0.25) is 4.79 Å². The number of carbonyl (C=O) groups excluding carboxylic acids is 1. The number of amides is 1. The smallest absolute Gasteiger partial charge is 0.394 e. The Labute approximate surface area is 121 Å². The van der Waals surface area contributed by atoms with Crippen LogP contribution in [0.1, 0.15) is 37.3 Å². The summed E-state index contributed by atoms with van der Waals surface area (Å²) < 4.78 is 38.3. The lowest BCUT2D eigenvalue weighted by Gasteiger charge is -2.21. The van der Waals surface area contributed by atoms with E-state index in [-0.39, 0.29) is 18.6 Å². The van der Waals surface area contributed by atoms with Crippen molar-refractivity contribution in [2.75, 3.05) is 6.61 Å². The Morgan fingerprint density at radius 2 is 2.10 bits per heavy atom. The quantitative estimate of drug-likeness (QED) is 0.878. The van der Waals surface area contributed by atoms with Crippen LogP contribution >= 0.6 is 0 Å². The number of aliphatic hydroxyl groups is 1. The molecular formula is C15H18F3NO2. The second kappa shape index (κ2) is 5.67. The molecule has 1 aromatic carbocycles. The molecule has 1 unspecified atom stereocenters. The topological polar surface area (TPSA) is 49.3 Å². The Morgan fingerprint density at radius 1 is 1.43 bits per heavy atom. The molecule has 1 atom stereocenters. The van der Waals surface area contributed by atoms with Crippen molar-refractivity contribution in [1.29, 1.82) is 0 Å². The molecular weight excluding hydrogens is 283 g/mol. The first-order valence-electron chi connectivity index (χ1n) is 6.93. The summed E-state index contributed by atoms with van der Waals surface area (Å²) >= 11 is 0. The maximum absolute atomic E-state index is 12.8. The van der Waals surface area contributed by atoms with Crippen molar-refractivity contribution in [2.45, 2.75) is 43.8 Å². The van der Waals surface area contributed by atoms with E-state index < -0.39 is 17.2 Å². The van der Waals surface area contributed by atoms with Gasteiger partial charge >= 0.3 is 6.18 Å². The van der Waals surface area contributed by atoms with Gasteiger partial charge < -0.3 is 10.4 Å². The van der Waals surface area contributed by atoms with Gasteiger partial charge in [0.2, 0.25) is 5.91 Å². The van der Waals surface area contributed by atoms with Crippen LogP contribution in [0.2, 0.25) is 0 Å². The lowest BCUT2D eigenvalue weighted by atomic mass is 9.93. The third-order valence-electron chi connectivity index (χ3n) is 3.98. The molecule has 0 heterocycles. The Hall–Kier alpha value is -1.56. The predicted molar refractivity (Wildman–Crippen MR) is 71.7 cm³/mol. The number of nitrogens with one attached hydrogen (secondary N) is 1. The largest absolute Gasteiger partial charge is 0.416 e. The Kier molecular flexibility index (Phi) is 4.27. The van der Waals surface area contributed by atoms with Crippen molar-refractivity contribution in [1.82, 2.24) is 5.32 Å². The minimum Gasteiger partial charge on any atom is -0.394 e. The van der Waals surface area contributed by atoms with Gasteiger partial charge in [-0.25, -0.2) is 0 Å². The lowest BCUT2D eigenvalue weighted by molar-refractivity contribution is -0.137. The zero-order chi connectivity index (χ0) is 15.7. The average molecular weight is 301 g/mol. The molecule has 2 rings (SSSR count). The van der Waals surface area contributed by atoms with Gasteiger partial charge in [0.1, 0.15) is 0 Å². The first kappa shape index (κ1) is 15.8. The highest BCUT2D eigenvalue weighted by Crippen LogP contribution is 2.49. The fraction of sp³-hybridized carbons (Fsp3) is 0.533. The van der Waals surface area contributed by atoms with Crippen LogP contribution in [0.3, 0.4) is 0 Å². The third-order valence-corrected chi connectivity index (χ3v) is 3.98. The molecule has 0 saturated heterocycles. The normalized spacial score (nSPS) is 18.1. The second-order valence-electron chi connectivity index (χ2n) is 5.42. The molecule has 1 aliphatic carbocycles. The molecule has 0 radical (unpaired) electrons.